The second-order valence-electron chi connectivity index (χ2n) is 8.27. The smallest absolute Gasteiger partial charge is 0.303 e. The number of anilines is 1. The van der Waals surface area contributed by atoms with Gasteiger partial charge < -0.3 is 19.3 Å². The summed E-state index contributed by atoms with van der Waals surface area (Å²) >= 11 is 1.57. The standard InChI is InChI=1S/C26H28N2O4S.ClH/c1-17(29)32-23-24(19-9-12-20(31-4)13-10-19)33-25-21-8-6-5-7-18(21)11-14-22(25)28(26(23)30)16-15-27(2)3;/h5-14,23-24H,15-16H2,1-4H3;1H/t23-,24-;/m1./s1. The van der Waals surface area contributed by atoms with Crippen LogP contribution in [-0.2, 0) is 14.3 Å². The number of halogens is 1. The molecule has 180 valence electrons. The monoisotopic (exact) mass is 500 g/mol. The molecule has 6 nitrogen and oxygen atoms in total. The summed E-state index contributed by atoms with van der Waals surface area (Å²) in [6.45, 7) is 2.52. The molecule has 0 radical (unpaired) electrons. The predicted octanol–water partition coefficient (Wildman–Crippen LogP) is 4.94. The highest BCUT2D eigenvalue weighted by atomic mass is 35.5. The maximum atomic E-state index is 13.9. The summed E-state index contributed by atoms with van der Waals surface area (Å²) in [5, 5.41) is 1.77. The van der Waals surface area contributed by atoms with E-state index >= 15 is 0 Å². The van der Waals surface area contributed by atoms with E-state index in [1.807, 2.05) is 67.5 Å². The molecule has 0 unspecified atom stereocenters. The van der Waals surface area contributed by atoms with Gasteiger partial charge in [0.15, 0.2) is 6.10 Å². The van der Waals surface area contributed by atoms with Gasteiger partial charge in [0.25, 0.3) is 5.91 Å². The Bertz CT molecular complexity index is 1170. The van der Waals surface area contributed by atoms with Crippen molar-refractivity contribution in [3.63, 3.8) is 0 Å². The van der Waals surface area contributed by atoms with Crippen molar-refractivity contribution >= 4 is 52.5 Å². The number of thioether (sulfide) groups is 1. The second kappa shape index (κ2) is 11.1. The van der Waals surface area contributed by atoms with Crippen LogP contribution >= 0.6 is 24.2 Å². The number of nitrogens with zero attached hydrogens (tertiary/aromatic N) is 2. The molecule has 8 heteroatoms. The number of amides is 1. The fourth-order valence-electron chi connectivity index (χ4n) is 4.02. The van der Waals surface area contributed by atoms with Crippen LogP contribution in [0.3, 0.4) is 0 Å². The molecule has 0 saturated carbocycles. The minimum atomic E-state index is -0.950. The molecule has 0 spiro atoms. The minimum absolute atomic E-state index is 0. The fraction of sp³-hybridized carbons (Fsp3) is 0.308. The molecular formula is C26H29ClN2O4S. The van der Waals surface area contributed by atoms with E-state index in [9.17, 15) is 9.59 Å². The summed E-state index contributed by atoms with van der Waals surface area (Å²) in [4.78, 5) is 30.8. The number of methoxy groups -OCH3 is 1. The lowest BCUT2D eigenvalue weighted by molar-refractivity contribution is -0.152. The van der Waals surface area contributed by atoms with Gasteiger partial charge in [-0.15, -0.1) is 24.2 Å². The maximum absolute atomic E-state index is 13.9. The van der Waals surface area contributed by atoms with Gasteiger partial charge in [-0.05, 0) is 48.6 Å². The number of hydrogen-bond donors (Lipinski definition) is 0. The van der Waals surface area contributed by atoms with Crippen molar-refractivity contribution < 1.29 is 19.1 Å². The van der Waals surface area contributed by atoms with Crippen LogP contribution in [-0.4, -0.2) is 57.2 Å². The van der Waals surface area contributed by atoms with Crippen molar-refractivity contribution in [2.24, 2.45) is 0 Å². The number of esters is 1. The zero-order valence-electron chi connectivity index (χ0n) is 19.7. The number of carbonyl (C=O) groups is 2. The zero-order chi connectivity index (χ0) is 23.5. The first kappa shape index (κ1) is 25.9. The van der Waals surface area contributed by atoms with E-state index in [0.717, 1.165) is 32.7 Å². The summed E-state index contributed by atoms with van der Waals surface area (Å²) in [6.07, 6.45) is -0.950. The number of carbonyl (C=O) groups excluding carboxylic acids is 2. The summed E-state index contributed by atoms with van der Waals surface area (Å²) in [5.41, 5.74) is 1.74. The summed E-state index contributed by atoms with van der Waals surface area (Å²) in [7, 11) is 5.57. The molecule has 1 heterocycles. The molecule has 0 saturated heterocycles. The lowest BCUT2D eigenvalue weighted by Gasteiger charge is -2.28. The Hall–Kier alpha value is -2.74. The number of hydrogen-bond acceptors (Lipinski definition) is 6. The van der Waals surface area contributed by atoms with E-state index in [0.29, 0.717) is 13.1 Å². The van der Waals surface area contributed by atoms with Crippen molar-refractivity contribution in [1.29, 1.82) is 0 Å². The first-order chi connectivity index (χ1) is 15.9. The van der Waals surface area contributed by atoms with Gasteiger partial charge in [-0.2, -0.15) is 0 Å². The predicted molar refractivity (Wildman–Crippen MR) is 139 cm³/mol. The van der Waals surface area contributed by atoms with Crippen LogP contribution in [0.4, 0.5) is 5.69 Å². The van der Waals surface area contributed by atoms with E-state index in [4.69, 9.17) is 9.47 Å². The number of likely N-dealkylation sites (N-methyl/N-ethyl adjacent to an activating group) is 1. The van der Waals surface area contributed by atoms with Crippen LogP contribution in [0.1, 0.15) is 17.7 Å². The molecule has 0 bridgehead atoms. The molecule has 4 rings (SSSR count). The third-order valence-electron chi connectivity index (χ3n) is 5.69. The van der Waals surface area contributed by atoms with E-state index in [1.54, 1.807) is 23.8 Å². The average Bonchev–Trinajstić information content (AvgIpc) is 2.92. The Morgan fingerprint density at radius 2 is 1.76 bits per heavy atom. The van der Waals surface area contributed by atoms with E-state index in [1.165, 1.54) is 6.92 Å². The molecule has 2 atom stereocenters. The summed E-state index contributed by atoms with van der Waals surface area (Å²) in [6, 6.07) is 19.8. The van der Waals surface area contributed by atoms with Gasteiger partial charge in [0.1, 0.15) is 5.75 Å². The van der Waals surface area contributed by atoms with Crippen molar-refractivity contribution in [2.75, 3.05) is 39.2 Å². The van der Waals surface area contributed by atoms with Crippen LogP contribution in [0.2, 0.25) is 0 Å². The Morgan fingerprint density at radius 1 is 1.06 bits per heavy atom. The normalized spacial score (nSPS) is 17.7. The highest BCUT2D eigenvalue weighted by Gasteiger charge is 2.41. The topological polar surface area (TPSA) is 59.1 Å². The van der Waals surface area contributed by atoms with Crippen LogP contribution in [0.25, 0.3) is 10.8 Å². The molecule has 0 fully saturated rings. The van der Waals surface area contributed by atoms with Gasteiger partial charge in [-0.1, -0.05) is 42.5 Å². The molecule has 0 N–H and O–H groups in total. The Morgan fingerprint density at radius 3 is 2.41 bits per heavy atom. The Labute approximate surface area is 210 Å². The zero-order valence-corrected chi connectivity index (χ0v) is 21.3. The molecule has 3 aromatic rings. The van der Waals surface area contributed by atoms with Crippen molar-refractivity contribution in [3.05, 3.63) is 66.2 Å². The molecular weight excluding hydrogens is 472 g/mol. The largest absolute Gasteiger partial charge is 0.497 e. The molecule has 1 amide bonds. The summed E-state index contributed by atoms with van der Waals surface area (Å²) in [5.74, 6) is 0.0384. The molecule has 1 aliphatic heterocycles. The van der Waals surface area contributed by atoms with Gasteiger partial charge in [0.05, 0.1) is 18.0 Å². The van der Waals surface area contributed by atoms with Gasteiger partial charge in [-0.25, -0.2) is 0 Å². The second-order valence-corrected chi connectivity index (χ2v) is 9.42. The average molecular weight is 501 g/mol. The van der Waals surface area contributed by atoms with Crippen LogP contribution in [0.15, 0.2) is 65.6 Å². The van der Waals surface area contributed by atoms with Crippen LogP contribution in [0.5, 0.6) is 5.75 Å². The molecule has 3 aromatic carbocycles. The first-order valence-corrected chi connectivity index (χ1v) is 11.7. The number of rotatable bonds is 6. The third-order valence-corrected chi connectivity index (χ3v) is 7.12. The van der Waals surface area contributed by atoms with E-state index in [2.05, 4.69) is 12.1 Å². The first-order valence-electron chi connectivity index (χ1n) is 10.8. The molecule has 1 aliphatic rings. The Kier molecular flexibility index (Phi) is 8.47. The van der Waals surface area contributed by atoms with Gasteiger partial charge in [-0.3, -0.25) is 9.59 Å². The quantitative estimate of drug-likeness (QED) is 0.447. The summed E-state index contributed by atoms with van der Waals surface area (Å²) < 4.78 is 11.0. The lowest BCUT2D eigenvalue weighted by atomic mass is 10.0. The highest BCUT2D eigenvalue weighted by molar-refractivity contribution is 8.00. The number of fused-ring (bicyclic) bond motifs is 3. The van der Waals surface area contributed by atoms with Crippen LogP contribution in [0, 0.1) is 0 Å². The number of ether oxygens (including phenoxy) is 2. The van der Waals surface area contributed by atoms with Crippen molar-refractivity contribution in [3.8, 4) is 5.75 Å². The lowest BCUT2D eigenvalue weighted by Crippen LogP contribution is -2.45. The fourth-order valence-corrected chi connectivity index (χ4v) is 5.47. The van der Waals surface area contributed by atoms with Crippen molar-refractivity contribution in [2.45, 2.75) is 23.2 Å². The van der Waals surface area contributed by atoms with E-state index < -0.39 is 17.3 Å². The van der Waals surface area contributed by atoms with Crippen molar-refractivity contribution in [1.82, 2.24) is 4.90 Å². The minimum Gasteiger partial charge on any atom is -0.497 e. The SMILES string of the molecule is COc1ccc([C@H]2Sc3c(ccc4ccccc34)N(CCN(C)C)C(=O)[C@@H]2OC(C)=O)cc1.Cl. The maximum Gasteiger partial charge on any atom is 0.303 e. The molecule has 0 aliphatic carbocycles. The Balaban J connectivity index is 0.00000324. The van der Waals surface area contributed by atoms with Gasteiger partial charge >= 0.3 is 5.97 Å². The molecule has 34 heavy (non-hydrogen) atoms. The van der Waals surface area contributed by atoms with Crippen LogP contribution < -0.4 is 9.64 Å². The van der Waals surface area contributed by atoms with Gasteiger partial charge in [0, 0.05) is 24.9 Å². The highest BCUT2D eigenvalue weighted by Crippen LogP contribution is 2.49. The van der Waals surface area contributed by atoms with E-state index in [-0.39, 0.29) is 18.3 Å². The van der Waals surface area contributed by atoms with Gasteiger partial charge in [0.2, 0.25) is 0 Å². The number of benzene rings is 3. The molecule has 0 aromatic heterocycles. The third kappa shape index (κ3) is 5.32.